The summed E-state index contributed by atoms with van der Waals surface area (Å²) >= 11 is 1.28. The van der Waals surface area contributed by atoms with Gasteiger partial charge in [-0.1, -0.05) is 0 Å². The van der Waals surface area contributed by atoms with E-state index in [9.17, 15) is 9.59 Å². The SMILES string of the molecule is CC1Sc2c(cn(C)c2C(=O)O)NC1=O. The van der Waals surface area contributed by atoms with E-state index in [1.54, 1.807) is 20.2 Å². The highest BCUT2D eigenvalue weighted by molar-refractivity contribution is 8.01. The van der Waals surface area contributed by atoms with Crippen molar-refractivity contribution >= 4 is 29.3 Å². The molecule has 0 fully saturated rings. The van der Waals surface area contributed by atoms with Crippen LogP contribution in [0.5, 0.6) is 0 Å². The lowest BCUT2D eigenvalue weighted by Crippen LogP contribution is -2.26. The first-order valence-electron chi connectivity index (χ1n) is 4.41. The van der Waals surface area contributed by atoms with Gasteiger partial charge >= 0.3 is 5.97 Å². The number of aryl methyl sites for hydroxylation is 1. The number of anilines is 1. The second kappa shape index (κ2) is 3.30. The minimum Gasteiger partial charge on any atom is -0.477 e. The molecule has 0 aromatic carbocycles. The van der Waals surface area contributed by atoms with Crippen molar-refractivity contribution in [2.24, 2.45) is 7.05 Å². The van der Waals surface area contributed by atoms with Gasteiger partial charge in [-0.05, 0) is 6.92 Å². The maximum Gasteiger partial charge on any atom is 0.353 e. The van der Waals surface area contributed by atoms with Crippen LogP contribution in [0.25, 0.3) is 0 Å². The fourth-order valence-electron chi connectivity index (χ4n) is 1.53. The summed E-state index contributed by atoms with van der Waals surface area (Å²) in [7, 11) is 1.65. The number of amides is 1. The maximum atomic E-state index is 11.4. The Bertz CT molecular complexity index is 452. The number of nitrogens with zero attached hydrogens (tertiary/aromatic N) is 1. The van der Waals surface area contributed by atoms with Gasteiger partial charge in [0.15, 0.2) is 0 Å². The molecule has 0 saturated carbocycles. The van der Waals surface area contributed by atoms with Crippen LogP contribution in [0.3, 0.4) is 0 Å². The molecular formula is C9H10N2O3S. The number of carbonyl (C=O) groups is 2. The third-order valence-electron chi connectivity index (χ3n) is 2.26. The number of aromatic carboxylic acids is 1. The summed E-state index contributed by atoms with van der Waals surface area (Å²) in [6, 6.07) is 0. The van der Waals surface area contributed by atoms with Crippen molar-refractivity contribution in [3.8, 4) is 0 Å². The van der Waals surface area contributed by atoms with Crippen LogP contribution in [0.15, 0.2) is 11.1 Å². The Balaban J connectivity index is 2.54. The van der Waals surface area contributed by atoms with E-state index >= 15 is 0 Å². The van der Waals surface area contributed by atoms with Crippen molar-refractivity contribution < 1.29 is 14.7 Å². The van der Waals surface area contributed by atoms with Gasteiger partial charge in [0.2, 0.25) is 5.91 Å². The smallest absolute Gasteiger partial charge is 0.353 e. The van der Waals surface area contributed by atoms with E-state index in [4.69, 9.17) is 5.11 Å². The molecule has 0 spiro atoms. The van der Waals surface area contributed by atoms with Crippen molar-refractivity contribution in [3.63, 3.8) is 0 Å². The zero-order valence-corrected chi connectivity index (χ0v) is 9.09. The van der Waals surface area contributed by atoms with Crippen molar-refractivity contribution in [1.29, 1.82) is 0 Å². The molecule has 15 heavy (non-hydrogen) atoms. The first kappa shape index (κ1) is 10.1. The van der Waals surface area contributed by atoms with Crippen LogP contribution in [0, 0.1) is 0 Å². The minimum atomic E-state index is -0.977. The number of nitrogens with one attached hydrogen (secondary N) is 1. The summed E-state index contributed by atoms with van der Waals surface area (Å²) in [5, 5.41) is 11.4. The Morgan fingerprint density at radius 2 is 2.33 bits per heavy atom. The molecule has 2 heterocycles. The third-order valence-corrected chi connectivity index (χ3v) is 3.48. The van der Waals surface area contributed by atoms with Gasteiger partial charge in [0, 0.05) is 13.2 Å². The molecule has 5 nitrogen and oxygen atoms in total. The van der Waals surface area contributed by atoms with E-state index in [2.05, 4.69) is 5.32 Å². The van der Waals surface area contributed by atoms with Crippen LogP contribution in [-0.2, 0) is 11.8 Å². The van der Waals surface area contributed by atoms with Crippen LogP contribution < -0.4 is 5.32 Å². The average molecular weight is 226 g/mol. The quantitative estimate of drug-likeness (QED) is 0.753. The fourth-order valence-corrected chi connectivity index (χ4v) is 2.62. The molecule has 1 atom stereocenters. The molecule has 6 heteroatoms. The zero-order chi connectivity index (χ0) is 11.2. The monoisotopic (exact) mass is 226 g/mol. The second-order valence-electron chi connectivity index (χ2n) is 3.39. The first-order chi connectivity index (χ1) is 7.00. The molecule has 1 amide bonds. The number of aromatic nitrogens is 1. The largest absolute Gasteiger partial charge is 0.477 e. The minimum absolute atomic E-state index is 0.0879. The molecule has 2 N–H and O–H groups in total. The summed E-state index contributed by atoms with van der Waals surface area (Å²) in [6.45, 7) is 1.75. The van der Waals surface area contributed by atoms with Crippen LogP contribution in [0.4, 0.5) is 5.69 Å². The average Bonchev–Trinajstić information content (AvgIpc) is 2.41. The second-order valence-corrected chi connectivity index (χ2v) is 4.74. The Kier molecular flexibility index (Phi) is 2.22. The van der Waals surface area contributed by atoms with E-state index in [1.807, 2.05) is 0 Å². The number of carbonyl (C=O) groups excluding carboxylic acids is 1. The topological polar surface area (TPSA) is 71.3 Å². The molecule has 2 rings (SSSR count). The molecule has 80 valence electrons. The number of hydrogen-bond donors (Lipinski definition) is 2. The Hall–Kier alpha value is -1.43. The summed E-state index contributed by atoms with van der Waals surface area (Å²) < 4.78 is 1.51. The summed E-state index contributed by atoms with van der Waals surface area (Å²) in [5.41, 5.74) is 0.810. The summed E-state index contributed by atoms with van der Waals surface area (Å²) in [6.07, 6.45) is 1.62. The molecule has 0 radical (unpaired) electrons. The maximum absolute atomic E-state index is 11.4. The number of carboxylic acid groups (broad SMARTS) is 1. The number of rotatable bonds is 1. The number of hydrogen-bond acceptors (Lipinski definition) is 3. The molecule has 0 aliphatic carbocycles. The van der Waals surface area contributed by atoms with E-state index in [0.717, 1.165) is 0 Å². The van der Waals surface area contributed by atoms with Crippen molar-refractivity contribution in [1.82, 2.24) is 4.57 Å². The van der Waals surface area contributed by atoms with E-state index in [1.165, 1.54) is 16.3 Å². The van der Waals surface area contributed by atoms with Crippen molar-refractivity contribution in [2.45, 2.75) is 17.1 Å². The Labute approximate surface area is 90.5 Å². The molecule has 0 saturated heterocycles. The van der Waals surface area contributed by atoms with Gasteiger partial charge in [-0.25, -0.2) is 4.79 Å². The Morgan fingerprint density at radius 1 is 1.67 bits per heavy atom. The lowest BCUT2D eigenvalue weighted by atomic mass is 10.3. The highest BCUT2D eigenvalue weighted by Gasteiger charge is 2.29. The standard InChI is InChI=1S/C9H10N2O3S/c1-4-8(12)10-5-3-11(2)6(9(13)14)7(5)15-4/h3-4H,1-2H3,(H,10,12)(H,13,14). The van der Waals surface area contributed by atoms with Crippen LogP contribution in [-0.4, -0.2) is 26.8 Å². The Morgan fingerprint density at radius 3 is 2.93 bits per heavy atom. The lowest BCUT2D eigenvalue weighted by Gasteiger charge is -2.18. The predicted octanol–water partition coefficient (Wildman–Crippen LogP) is 1.16. The molecule has 1 aliphatic rings. The highest BCUT2D eigenvalue weighted by atomic mass is 32.2. The predicted molar refractivity (Wildman–Crippen MR) is 56.3 cm³/mol. The van der Waals surface area contributed by atoms with E-state index in [-0.39, 0.29) is 16.9 Å². The molecule has 1 aliphatic heterocycles. The lowest BCUT2D eigenvalue weighted by molar-refractivity contribution is -0.115. The molecule has 1 aromatic heterocycles. The molecular weight excluding hydrogens is 216 g/mol. The fraction of sp³-hybridized carbons (Fsp3) is 0.333. The van der Waals surface area contributed by atoms with Crippen LogP contribution in [0.1, 0.15) is 17.4 Å². The van der Waals surface area contributed by atoms with Crippen LogP contribution in [0.2, 0.25) is 0 Å². The molecule has 1 aromatic rings. The van der Waals surface area contributed by atoms with Gasteiger partial charge in [-0.3, -0.25) is 4.79 Å². The summed E-state index contributed by atoms with van der Waals surface area (Å²) in [5.74, 6) is -1.07. The number of thioether (sulfide) groups is 1. The molecule has 1 unspecified atom stereocenters. The van der Waals surface area contributed by atoms with Crippen LogP contribution >= 0.6 is 11.8 Å². The van der Waals surface area contributed by atoms with Gasteiger partial charge in [0.25, 0.3) is 0 Å². The van der Waals surface area contributed by atoms with Crippen molar-refractivity contribution in [3.05, 3.63) is 11.9 Å². The third kappa shape index (κ3) is 1.50. The molecule has 0 bridgehead atoms. The number of carboxylic acids is 1. The van der Waals surface area contributed by atoms with Gasteiger partial charge in [0.1, 0.15) is 5.69 Å². The number of fused-ring (bicyclic) bond motifs is 1. The van der Waals surface area contributed by atoms with Gasteiger partial charge < -0.3 is 15.0 Å². The van der Waals surface area contributed by atoms with Gasteiger partial charge in [-0.2, -0.15) is 0 Å². The summed E-state index contributed by atoms with van der Waals surface area (Å²) in [4.78, 5) is 23.0. The van der Waals surface area contributed by atoms with Gasteiger partial charge in [0.05, 0.1) is 15.8 Å². The first-order valence-corrected chi connectivity index (χ1v) is 5.29. The van der Waals surface area contributed by atoms with E-state index in [0.29, 0.717) is 10.6 Å². The highest BCUT2D eigenvalue weighted by Crippen LogP contribution is 2.39. The van der Waals surface area contributed by atoms with Crippen molar-refractivity contribution in [2.75, 3.05) is 5.32 Å². The van der Waals surface area contributed by atoms with Gasteiger partial charge in [-0.15, -0.1) is 11.8 Å². The normalized spacial score (nSPS) is 19.6. The zero-order valence-electron chi connectivity index (χ0n) is 8.27. The van der Waals surface area contributed by atoms with E-state index < -0.39 is 5.97 Å².